The van der Waals surface area contributed by atoms with Gasteiger partial charge in [-0.05, 0) is 12.8 Å². The molecule has 1 radical (unpaired) electrons. The predicted molar refractivity (Wildman–Crippen MR) is 72.8 cm³/mol. The molecule has 0 spiro atoms. The van der Waals surface area contributed by atoms with Crippen molar-refractivity contribution in [3.05, 3.63) is 6.42 Å². The van der Waals surface area contributed by atoms with Crippen molar-refractivity contribution in [1.29, 1.82) is 0 Å². The van der Waals surface area contributed by atoms with Gasteiger partial charge in [-0.1, -0.05) is 65.2 Å². The van der Waals surface area contributed by atoms with E-state index in [1.54, 1.807) is 6.42 Å². The van der Waals surface area contributed by atoms with Crippen molar-refractivity contribution < 1.29 is 9.90 Å². The molecule has 0 aliphatic heterocycles. The molecule has 0 bridgehead atoms. The molecule has 0 aromatic carbocycles. The fourth-order valence-electron chi connectivity index (χ4n) is 1.84. The number of aliphatic hydroxyl groups is 1. The standard InChI is InChI=1S/C15H29O2/c1-3-5-7-8-9-11-13-15(17)14(16)12-10-6-4-2/h12,15,17H,3-11,13H2,1-2H3. The SMILES string of the molecule is CCCC[CH]C(=O)C(O)CCCCCCCC. The maximum atomic E-state index is 11.5. The van der Waals surface area contributed by atoms with E-state index in [2.05, 4.69) is 13.8 Å². The Labute approximate surface area is 107 Å². The van der Waals surface area contributed by atoms with E-state index in [0.717, 1.165) is 32.1 Å². The molecular weight excluding hydrogens is 212 g/mol. The first kappa shape index (κ1) is 16.6. The molecule has 1 unspecified atom stereocenters. The Morgan fingerprint density at radius 2 is 1.59 bits per heavy atom. The van der Waals surface area contributed by atoms with Crippen LogP contribution in [-0.2, 0) is 4.79 Å². The van der Waals surface area contributed by atoms with Gasteiger partial charge in [-0.25, -0.2) is 0 Å². The molecule has 0 heterocycles. The van der Waals surface area contributed by atoms with E-state index in [0.29, 0.717) is 6.42 Å². The van der Waals surface area contributed by atoms with Gasteiger partial charge in [-0.2, -0.15) is 0 Å². The van der Waals surface area contributed by atoms with Crippen molar-refractivity contribution in [2.75, 3.05) is 0 Å². The number of Topliss-reactive ketones (excluding diaryl/α,β-unsaturated/α-hetero) is 1. The number of hydrogen-bond acceptors (Lipinski definition) is 2. The topological polar surface area (TPSA) is 37.3 Å². The summed E-state index contributed by atoms with van der Waals surface area (Å²) in [6, 6.07) is 0. The normalized spacial score (nSPS) is 12.6. The molecule has 0 aliphatic carbocycles. The van der Waals surface area contributed by atoms with Gasteiger partial charge < -0.3 is 5.11 Å². The molecular formula is C15H29O2. The highest BCUT2D eigenvalue weighted by molar-refractivity contribution is 5.90. The van der Waals surface area contributed by atoms with E-state index in [1.807, 2.05) is 0 Å². The highest BCUT2D eigenvalue weighted by Crippen LogP contribution is 2.10. The molecule has 0 aliphatic rings. The summed E-state index contributed by atoms with van der Waals surface area (Å²) in [5.74, 6) is -0.0768. The lowest BCUT2D eigenvalue weighted by Crippen LogP contribution is -2.20. The molecule has 0 aromatic rings. The molecule has 0 amide bonds. The van der Waals surface area contributed by atoms with Crippen LogP contribution in [-0.4, -0.2) is 17.0 Å². The number of unbranched alkanes of at least 4 members (excludes halogenated alkanes) is 7. The van der Waals surface area contributed by atoms with Crippen LogP contribution in [0.3, 0.4) is 0 Å². The number of aliphatic hydroxyl groups excluding tert-OH is 1. The molecule has 101 valence electrons. The van der Waals surface area contributed by atoms with E-state index in [1.165, 1.54) is 25.7 Å². The van der Waals surface area contributed by atoms with Gasteiger partial charge in [0.2, 0.25) is 0 Å². The van der Waals surface area contributed by atoms with E-state index in [9.17, 15) is 9.90 Å². The highest BCUT2D eigenvalue weighted by Gasteiger charge is 2.13. The highest BCUT2D eigenvalue weighted by atomic mass is 16.3. The Hall–Kier alpha value is -0.370. The first-order valence-electron chi connectivity index (χ1n) is 7.27. The zero-order chi connectivity index (χ0) is 12.9. The molecule has 0 aromatic heterocycles. The van der Waals surface area contributed by atoms with Gasteiger partial charge in [0.1, 0.15) is 6.10 Å². The molecule has 0 fully saturated rings. The van der Waals surface area contributed by atoms with Crippen molar-refractivity contribution in [1.82, 2.24) is 0 Å². The lowest BCUT2D eigenvalue weighted by atomic mass is 10.0. The molecule has 0 saturated heterocycles. The summed E-state index contributed by atoms with van der Waals surface area (Å²) in [6.07, 6.45) is 11.7. The fraction of sp³-hybridized carbons (Fsp3) is 0.867. The minimum Gasteiger partial charge on any atom is -0.385 e. The smallest absolute Gasteiger partial charge is 0.165 e. The third kappa shape index (κ3) is 10.5. The van der Waals surface area contributed by atoms with Crippen molar-refractivity contribution >= 4 is 5.78 Å². The van der Waals surface area contributed by atoms with Gasteiger partial charge in [0.15, 0.2) is 5.78 Å². The molecule has 17 heavy (non-hydrogen) atoms. The van der Waals surface area contributed by atoms with Gasteiger partial charge in [0.05, 0.1) is 0 Å². The number of hydrogen-bond donors (Lipinski definition) is 1. The maximum absolute atomic E-state index is 11.5. The third-order valence-corrected chi connectivity index (χ3v) is 3.06. The van der Waals surface area contributed by atoms with Crippen LogP contribution in [0.1, 0.15) is 78.1 Å². The van der Waals surface area contributed by atoms with Crippen LogP contribution < -0.4 is 0 Å². The van der Waals surface area contributed by atoms with Crippen LogP contribution in [0.25, 0.3) is 0 Å². The lowest BCUT2D eigenvalue weighted by Gasteiger charge is -2.08. The minimum atomic E-state index is -0.752. The summed E-state index contributed by atoms with van der Waals surface area (Å²) >= 11 is 0. The van der Waals surface area contributed by atoms with Crippen LogP contribution in [0.15, 0.2) is 0 Å². The Morgan fingerprint density at radius 1 is 1.00 bits per heavy atom. The van der Waals surface area contributed by atoms with Crippen LogP contribution in [0.5, 0.6) is 0 Å². The summed E-state index contributed by atoms with van der Waals surface area (Å²) in [5.41, 5.74) is 0. The average molecular weight is 241 g/mol. The second-order valence-corrected chi connectivity index (χ2v) is 4.82. The minimum absolute atomic E-state index is 0.0768. The van der Waals surface area contributed by atoms with Crippen molar-refractivity contribution in [2.45, 2.75) is 84.2 Å². The first-order chi connectivity index (χ1) is 8.22. The van der Waals surface area contributed by atoms with E-state index in [-0.39, 0.29) is 5.78 Å². The van der Waals surface area contributed by atoms with E-state index < -0.39 is 6.10 Å². The summed E-state index contributed by atoms with van der Waals surface area (Å²) < 4.78 is 0. The van der Waals surface area contributed by atoms with Crippen LogP contribution in [0, 0.1) is 6.42 Å². The number of rotatable bonds is 12. The van der Waals surface area contributed by atoms with Crippen molar-refractivity contribution in [3.63, 3.8) is 0 Å². The van der Waals surface area contributed by atoms with Gasteiger partial charge in [0.25, 0.3) is 0 Å². The average Bonchev–Trinajstić information content (AvgIpc) is 2.33. The second kappa shape index (κ2) is 12.1. The monoisotopic (exact) mass is 241 g/mol. The van der Waals surface area contributed by atoms with Crippen molar-refractivity contribution in [3.8, 4) is 0 Å². The zero-order valence-electron chi connectivity index (χ0n) is 11.6. The quantitative estimate of drug-likeness (QED) is 0.523. The predicted octanol–water partition coefficient (Wildman–Crippen LogP) is 4.06. The van der Waals surface area contributed by atoms with Crippen molar-refractivity contribution in [2.24, 2.45) is 0 Å². The molecule has 1 N–H and O–H groups in total. The molecule has 0 saturated carbocycles. The lowest BCUT2D eigenvalue weighted by molar-refractivity contribution is -0.124. The van der Waals surface area contributed by atoms with Gasteiger partial charge >= 0.3 is 0 Å². The molecule has 2 heteroatoms. The molecule has 2 nitrogen and oxygen atoms in total. The number of carbonyl (C=O) groups excluding carboxylic acids is 1. The first-order valence-corrected chi connectivity index (χ1v) is 7.27. The van der Waals surface area contributed by atoms with E-state index in [4.69, 9.17) is 0 Å². The Morgan fingerprint density at radius 3 is 2.24 bits per heavy atom. The fourth-order valence-corrected chi connectivity index (χ4v) is 1.84. The van der Waals surface area contributed by atoms with Gasteiger partial charge in [-0.3, -0.25) is 4.79 Å². The summed E-state index contributed by atoms with van der Waals surface area (Å²) in [6.45, 7) is 4.31. The number of ketones is 1. The summed E-state index contributed by atoms with van der Waals surface area (Å²) in [7, 11) is 0. The van der Waals surface area contributed by atoms with Gasteiger partial charge in [0, 0.05) is 6.42 Å². The maximum Gasteiger partial charge on any atom is 0.165 e. The van der Waals surface area contributed by atoms with Crippen LogP contribution in [0.4, 0.5) is 0 Å². The second-order valence-electron chi connectivity index (χ2n) is 4.82. The Kier molecular flexibility index (Phi) is 11.8. The molecule has 0 rings (SSSR count). The van der Waals surface area contributed by atoms with Crippen LogP contribution in [0.2, 0.25) is 0 Å². The number of carbonyl (C=O) groups is 1. The zero-order valence-corrected chi connectivity index (χ0v) is 11.6. The van der Waals surface area contributed by atoms with Gasteiger partial charge in [-0.15, -0.1) is 0 Å². The molecule has 1 atom stereocenters. The summed E-state index contributed by atoms with van der Waals surface area (Å²) in [4.78, 5) is 11.5. The largest absolute Gasteiger partial charge is 0.385 e. The third-order valence-electron chi connectivity index (χ3n) is 3.06. The van der Waals surface area contributed by atoms with E-state index >= 15 is 0 Å². The Bertz CT molecular complexity index is 178. The van der Waals surface area contributed by atoms with Crippen LogP contribution >= 0.6 is 0 Å². The summed E-state index contributed by atoms with van der Waals surface area (Å²) in [5, 5.41) is 9.64. The Balaban J connectivity index is 3.37.